The molecule has 1 aliphatic rings. The van der Waals surface area contributed by atoms with Crippen molar-refractivity contribution in [3.63, 3.8) is 0 Å². The van der Waals surface area contributed by atoms with Crippen molar-refractivity contribution in [2.24, 2.45) is 0 Å². The van der Waals surface area contributed by atoms with Crippen LogP contribution in [-0.4, -0.2) is 70.0 Å². The van der Waals surface area contributed by atoms with Crippen molar-refractivity contribution in [3.05, 3.63) is 34.6 Å². The summed E-state index contributed by atoms with van der Waals surface area (Å²) in [4.78, 5) is 15.8. The highest BCUT2D eigenvalue weighted by Crippen LogP contribution is 2.27. The van der Waals surface area contributed by atoms with Crippen LogP contribution in [0.2, 0.25) is 5.02 Å². The minimum atomic E-state index is -0.901. The molecule has 1 amide bonds. The Morgan fingerprint density at radius 2 is 2.07 bits per heavy atom. The molecule has 0 saturated carbocycles. The summed E-state index contributed by atoms with van der Waals surface area (Å²) in [6.45, 7) is 8.42. The molecule has 27 heavy (non-hydrogen) atoms. The maximum absolute atomic E-state index is 13.3. The van der Waals surface area contributed by atoms with Crippen LogP contribution in [-0.2, 0) is 4.74 Å². The van der Waals surface area contributed by atoms with E-state index < -0.39 is 29.2 Å². The van der Waals surface area contributed by atoms with E-state index >= 15 is 0 Å². The molecule has 0 radical (unpaired) electrons. The number of nitrogens with zero attached hydrogens (tertiary/aromatic N) is 2. The lowest BCUT2D eigenvalue weighted by molar-refractivity contribution is -0.0536. The van der Waals surface area contributed by atoms with Crippen molar-refractivity contribution < 1.29 is 24.1 Å². The lowest BCUT2D eigenvalue weighted by Crippen LogP contribution is -2.64. The third kappa shape index (κ3) is 5.54. The van der Waals surface area contributed by atoms with Crippen LogP contribution in [0.25, 0.3) is 0 Å². The maximum atomic E-state index is 13.3. The van der Waals surface area contributed by atoms with Crippen LogP contribution >= 0.6 is 11.6 Å². The quantitative estimate of drug-likeness (QED) is 0.810. The van der Waals surface area contributed by atoms with E-state index in [0.29, 0.717) is 18.7 Å². The highest BCUT2D eigenvalue weighted by Gasteiger charge is 2.40. The monoisotopic (exact) mass is 402 g/mol. The van der Waals surface area contributed by atoms with Gasteiger partial charge in [-0.3, -0.25) is 4.90 Å². The molecule has 2 N–H and O–H groups in total. The first-order valence-corrected chi connectivity index (χ1v) is 9.30. The average Bonchev–Trinajstić information content (AvgIpc) is 2.57. The molecule has 1 aromatic rings. The first-order valence-electron chi connectivity index (χ1n) is 8.92. The molecule has 2 unspecified atom stereocenters. The molecular weight excluding hydrogens is 375 g/mol. The van der Waals surface area contributed by atoms with Crippen LogP contribution in [0.5, 0.6) is 0 Å². The number of aliphatic hydroxyl groups excluding tert-OH is 2. The van der Waals surface area contributed by atoms with Crippen molar-refractivity contribution in [2.45, 2.75) is 44.9 Å². The number of ether oxygens (including phenoxy) is 1. The van der Waals surface area contributed by atoms with E-state index in [4.69, 9.17) is 16.3 Å². The first kappa shape index (κ1) is 21.9. The number of β-amino-alcohol motifs (C(OH)–C–C–N with tert-alkyl or cyclic N) is 1. The Bertz CT molecular complexity index is 682. The van der Waals surface area contributed by atoms with Gasteiger partial charge in [0, 0.05) is 26.2 Å². The summed E-state index contributed by atoms with van der Waals surface area (Å²) in [5.41, 5.74) is -0.835. The summed E-state index contributed by atoms with van der Waals surface area (Å²) in [6, 6.07) is 4.10. The van der Waals surface area contributed by atoms with E-state index in [1.807, 2.05) is 11.8 Å². The first-order chi connectivity index (χ1) is 12.4. The molecule has 1 saturated heterocycles. The third-order valence-electron chi connectivity index (χ3n) is 4.65. The predicted octanol–water partition coefficient (Wildman–Crippen LogP) is 2.82. The van der Waals surface area contributed by atoms with E-state index in [0.717, 1.165) is 0 Å². The van der Waals surface area contributed by atoms with E-state index in [2.05, 4.69) is 0 Å². The SMILES string of the molecule is CC(C)(C)OC(=O)N1CCN(CC(O)c2ccc(F)c(Cl)c2)C(C)(CO)C1. The Balaban J connectivity index is 2.07. The lowest BCUT2D eigenvalue weighted by atomic mass is 9.96. The number of benzene rings is 1. The molecule has 1 aromatic carbocycles. The normalized spacial score (nSPS) is 22.6. The summed E-state index contributed by atoms with van der Waals surface area (Å²) in [5.74, 6) is -0.543. The van der Waals surface area contributed by atoms with Crippen LogP contribution in [0.15, 0.2) is 18.2 Å². The Labute approximate surface area is 164 Å². The van der Waals surface area contributed by atoms with Gasteiger partial charge in [-0.25, -0.2) is 9.18 Å². The van der Waals surface area contributed by atoms with E-state index in [9.17, 15) is 19.4 Å². The fraction of sp³-hybridized carbons (Fsp3) is 0.632. The zero-order chi connectivity index (χ0) is 20.4. The van der Waals surface area contributed by atoms with E-state index in [1.165, 1.54) is 18.2 Å². The van der Waals surface area contributed by atoms with Crippen LogP contribution < -0.4 is 0 Å². The van der Waals surface area contributed by atoms with Gasteiger partial charge < -0.3 is 19.8 Å². The number of aliphatic hydroxyl groups is 2. The molecule has 152 valence electrons. The van der Waals surface area contributed by atoms with Crippen molar-refractivity contribution in [2.75, 3.05) is 32.8 Å². The molecule has 2 atom stereocenters. The van der Waals surface area contributed by atoms with Gasteiger partial charge >= 0.3 is 6.09 Å². The van der Waals surface area contributed by atoms with Crippen LogP contribution in [0, 0.1) is 5.82 Å². The Kier molecular flexibility index (Phi) is 6.73. The van der Waals surface area contributed by atoms with Crippen molar-refractivity contribution in [1.29, 1.82) is 0 Å². The minimum absolute atomic E-state index is 0.0498. The van der Waals surface area contributed by atoms with Crippen molar-refractivity contribution >= 4 is 17.7 Å². The molecule has 2 rings (SSSR count). The number of rotatable bonds is 4. The largest absolute Gasteiger partial charge is 0.444 e. The second-order valence-corrected chi connectivity index (χ2v) is 8.60. The van der Waals surface area contributed by atoms with Gasteiger partial charge in [0.1, 0.15) is 11.4 Å². The standard InChI is InChI=1S/C19H28ClFN2O4/c1-18(2,3)27-17(26)22-7-8-23(19(4,11-22)12-24)10-16(25)13-5-6-15(21)14(20)9-13/h5-6,9,16,24-25H,7-8,10-12H2,1-4H3. The van der Waals surface area contributed by atoms with Crippen LogP contribution in [0.1, 0.15) is 39.4 Å². The van der Waals surface area contributed by atoms with Crippen LogP contribution in [0.3, 0.4) is 0 Å². The number of amides is 1. The highest BCUT2D eigenvalue weighted by molar-refractivity contribution is 6.30. The van der Waals surface area contributed by atoms with Gasteiger partial charge in [0.25, 0.3) is 0 Å². The molecule has 0 aliphatic carbocycles. The molecule has 1 fully saturated rings. The lowest BCUT2D eigenvalue weighted by Gasteiger charge is -2.48. The summed E-state index contributed by atoms with van der Waals surface area (Å²) >= 11 is 5.79. The molecule has 1 heterocycles. The topological polar surface area (TPSA) is 73.2 Å². The Morgan fingerprint density at radius 1 is 1.41 bits per heavy atom. The van der Waals surface area contributed by atoms with Gasteiger partial charge in [0.05, 0.1) is 23.3 Å². The fourth-order valence-electron chi connectivity index (χ4n) is 3.08. The number of carbonyl (C=O) groups excluding carboxylic acids is 1. The zero-order valence-electron chi connectivity index (χ0n) is 16.2. The molecule has 0 spiro atoms. The Morgan fingerprint density at radius 3 is 2.63 bits per heavy atom. The smallest absolute Gasteiger partial charge is 0.410 e. The summed E-state index contributed by atoms with van der Waals surface area (Å²) in [5, 5.41) is 20.4. The highest BCUT2D eigenvalue weighted by atomic mass is 35.5. The molecule has 8 heteroatoms. The number of piperazine rings is 1. The molecular formula is C19H28ClFN2O4. The maximum Gasteiger partial charge on any atom is 0.410 e. The number of hydrogen-bond acceptors (Lipinski definition) is 5. The summed E-state index contributed by atoms with van der Waals surface area (Å²) in [6.07, 6.45) is -1.32. The van der Waals surface area contributed by atoms with Gasteiger partial charge in [-0.05, 0) is 45.4 Å². The van der Waals surface area contributed by atoms with Crippen LogP contribution in [0.4, 0.5) is 9.18 Å². The number of hydrogen-bond donors (Lipinski definition) is 2. The summed E-state index contributed by atoms with van der Waals surface area (Å²) < 4.78 is 18.7. The minimum Gasteiger partial charge on any atom is -0.444 e. The van der Waals surface area contributed by atoms with Gasteiger partial charge in [0.2, 0.25) is 0 Å². The van der Waals surface area contributed by atoms with Crippen molar-refractivity contribution in [3.8, 4) is 0 Å². The zero-order valence-corrected chi connectivity index (χ0v) is 17.0. The van der Waals surface area contributed by atoms with Gasteiger partial charge in [-0.15, -0.1) is 0 Å². The molecule has 1 aliphatic heterocycles. The second kappa shape index (κ2) is 8.31. The number of halogens is 2. The third-order valence-corrected chi connectivity index (χ3v) is 4.94. The van der Waals surface area contributed by atoms with Crippen molar-refractivity contribution in [1.82, 2.24) is 9.80 Å². The van der Waals surface area contributed by atoms with Gasteiger partial charge in [0.15, 0.2) is 0 Å². The Hall–Kier alpha value is -1.41. The second-order valence-electron chi connectivity index (χ2n) is 8.19. The summed E-state index contributed by atoms with van der Waals surface area (Å²) in [7, 11) is 0. The fourth-order valence-corrected chi connectivity index (χ4v) is 3.27. The van der Waals surface area contributed by atoms with Gasteiger partial charge in [-0.1, -0.05) is 17.7 Å². The molecule has 0 aromatic heterocycles. The predicted molar refractivity (Wildman–Crippen MR) is 101 cm³/mol. The van der Waals surface area contributed by atoms with E-state index in [1.54, 1.807) is 25.7 Å². The molecule has 0 bridgehead atoms. The van der Waals surface area contributed by atoms with Gasteiger partial charge in [-0.2, -0.15) is 0 Å². The average molecular weight is 403 g/mol. The number of carbonyl (C=O) groups is 1. The van der Waals surface area contributed by atoms with E-state index in [-0.39, 0.29) is 24.7 Å². The molecule has 6 nitrogen and oxygen atoms in total.